The maximum Gasteiger partial charge on any atom is 1.00 e. The van der Waals surface area contributed by atoms with Gasteiger partial charge in [0.05, 0.1) is 0 Å². The molecule has 0 bridgehead atoms. The third-order valence-electron chi connectivity index (χ3n) is 2.91. The number of hydrogen-bond donors (Lipinski definition) is 0. The number of rotatable bonds is 5. The third-order valence-corrected chi connectivity index (χ3v) is 4.19. The van der Waals surface area contributed by atoms with Crippen molar-refractivity contribution in [1.29, 1.82) is 5.26 Å². The van der Waals surface area contributed by atoms with E-state index in [1.54, 1.807) is 0 Å². The molecule has 0 radical (unpaired) electrons. The molecule has 0 saturated heterocycles. The molecule has 2 aromatic rings. The number of nitrogens with zero attached hydrogens (tertiary/aromatic N) is 2. The smallest absolute Gasteiger partial charge is 0.777 e. The Bertz CT molecular complexity index is 602. The summed E-state index contributed by atoms with van der Waals surface area (Å²) in [6.07, 6.45) is 0. The van der Waals surface area contributed by atoms with Gasteiger partial charge in [-0.1, -0.05) is 60.7 Å². The van der Waals surface area contributed by atoms with Crippen LogP contribution in [-0.2, 0) is 17.7 Å². The molecule has 0 aliphatic heterocycles. The van der Waals surface area contributed by atoms with Crippen LogP contribution in [0.5, 0.6) is 0 Å². The predicted octanol–water partition coefficient (Wildman–Crippen LogP) is -0.273. The minimum absolute atomic E-state index is 0. The summed E-state index contributed by atoms with van der Waals surface area (Å²) in [6.45, 7) is 0.397. The molecule has 0 spiro atoms. The summed E-state index contributed by atoms with van der Waals surface area (Å²) < 4.78 is 13.1. The fourth-order valence-electron chi connectivity index (χ4n) is 1.89. The molecule has 0 fully saturated rings. The van der Waals surface area contributed by atoms with Crippen molar-refractivity contribution in [2.45, 2.75) is 13.1 Å². The van der Waals surface area contributed by atoms with Gasteiger partial charge >= 0.3 is 51.4 Å². The van der Waals surface area contributed by atoms with Crippen LogP contribution in [0.2, 0.25) is 0 Å². The van der Waals surface area contributed by atoms with Crippen LogP contribution < -0.4 is 56.3 Å². The van der Waals surface area contributed by atoms with Gasteiger partial charge < -0.3 is 9.46 Å². The van der Waals surface area contributed by atoms with Crippen LogP contribution in [0.25, 0.3) is 0 Å². The van der Waals surface area contributed by atoms with Gasteiger partial charge in [-0.05, 0) is 11.1 Å². The molecule has 4 nitrogen and oxygen atoms in total. The Morgan fingerprint density at radius 3 is 1.67 bits per heavy atom. The Balaban J connectivity index is 0.00000220. The molecule has 0 aromatic heterocycles. The van der Waals surface area contributed by atoms with E-state index in [9.17, 15) is 9.46 Å². The fourth-order valence-corrected chi connectivity index (χ4v) is 2.72. The molecule has 2 aromatic carbocycles. The summed E-state index contributed by atoms with van der Waals surface area (Å²) in [7, 11) is -4.23. The van der Waals surface area contributed by atoms with E-state index in [0.29, 0.717) is 0 Å². The summed E-state index contributed by atoms with van der Waals surface area (Å²) in [6, 6.07) is 18.5. The average Bonchev–Trinajstić information content (AvgIpc) is 2.49. The molecule has 6 heteroatoms. The van der Waals surface area contributed by atoms with Crippen LogP contribution in [0.3, 0.4) is 0 Å². The topological polar surface area (TPSA) is 67.2 Å². The van der Waals surface area contributed by atoms with E-state index in [-0.39, 0.29) is 64.5 Å². The van der Waals surface area contributed by atoms with Crippen molar-refractivity contribution in [3.63, 3.8) is 0 Å². The molecule has 0 heterocycles. The Morgan fingerprint density at radius 1 is 0.952 bits per heavy atom. The minimum atomic E-state index is -4.23. The molecule has 0 N–H and O–H groups in total. The van der Waals surface area contributed by atoms with Crippen LogP contribution in [0.4, 0.5) is 0 Å². The van der Waals surface area contributed by atoms with Crippen molar-refractivity contribution < 1.29 is 60.8 Å². The maximum absolute atomic E-state index is 11.9. The molecular weight excluding hydrogens is 310 g/mol. The molecule has 0 amide bonds. The zero-order chi connectivity index (χ0) is 14.4. The van der Waals surface area contributed by atoms with Crippen molar-refractivity contribution >= 4 is 7.52 Å². The molecule has 102 valence electrons. The van der Waals surface area contributed by atoms with Crippen LogP contribution in [0.1, 0.15) is 11.1 Å². The zero-order valence-corrected chi connectivity index (χ0v) is 15.9. The first-order valence-electron chi connectivity index (χ1n) is 6.17. The van der Waals surface area contributed by atoms with Crippen LogP contribution in [0.15, 0.2) is 60.7 Å². The summed E-state index contributed by atoms with van der Waals surface area (Å²) in [5.41, 5.74) is 1.71. The van der Waals surface area contributed by atoms with Gasteiger partial charge in [0.2, 0.25) is 0 Å². The average molecular weight is 324 g/mol. The molecule has 0 saturated carbocycles. The first-order chi connectivity index (χ1) is 9.62. The second-order valence-electron chi connectivity index (χ2n) is 4.41. The van der Waals surface area contributed by atoms with E-state index in [1.807, 2.05) is 60.7 Å². The van der Waals surface area contributed by atoms with E-state index in [1.165, 1.54) is 10.5 Å². The zero-order valence-electron chi connectivity index (χ0n) is 11.8. The fraction of sp³-hybridized carbons (Fsp3) is 0.133. The number of hydrogen-bond acceptors (Lipinski definition) is 3. The van der Waals surface area contributed by atoms with Crippen molar-refractivity contribution in [2.75, 3.05) is 0 Å². The van der Waals surface area contributed by atoms with Crippen LogP contribution >= 0.6 is 7.52 Å². The Kier molecular flexibility index (Phi) is 8.03. The number of benzene rings is 2. The summed E-state index contributed by atoms with van der Waals surface area (Å²) >= 11 is 0. The van der Waals surface area contributed by atoms with Gasteiger partial charge in [0.1, 0.15) is 5.81 Å². The second kappa shape index (κ2) is 8.99. The Hall–Kier alpha value is -0.284. The van der Waals surface area contributed by atoms with Crippen LogP contribution in [-0.4, -0.2) is 4.67 Å². The van der Waals surface area contributed by atoms with E-state index >= 15 is 0 Å². The van der Waals surface area contributed by atoms with Crippen molar-refractivity contribution in [3.05, 3.63) is 71.8 Å². The Labute approximate surface area is 167 Å². The third kappa shape index (κ3) is 5.78. The van der Waals surface area contributed by atoms with Gasteiger partial charge in [-0.3, -0.25) is 0 Å². The first kappa shape index (κ1) is 18.8. The molecule has 21 heavy (non-hydrogen) atoms. The van der Waals surface area contributed by atoms with Gasteiger partial charge in [-0.15, -0.1) is 0 Å². The monoisotopic (exact) mass is 324 g/mol. The molecule has 1 unspecified atom stereocenters. The van der Waals surface area contributed by atoms with Crippen molar-refractivity contribution in [2.24, 2.45) is 0 Å². The minimum Gasteiger partial charge on any atom is -0.777 e. The predicted molar refractivity (Wildman–Crippen MR) is 75.4 cm³/mol. The SMILES string of the molecule is N#CP(=O)([O-])N(Cc1ccccc1)Cc1ccccc1.[K+]. The summed E-state index contributed by atoms with van der Waals surface area (Å²) in [5, 5.41) is 8.85. The van der Waals surface area contributed by atoms with Gasteiger partial charge in [0, 0.05) is 13.1 Å². The standard InChI is InChI=1S/C15H15N2O2P.K/c16-13-20(18,19)17(11-14-7-3-1-4-8-14)12-15-9-5-2-6-10-15;/h1-10H,11-12H2,(H,18,19);/q;+1/p-1. The molecule has 0 aliphatic carbocycles. The number of nitriles is 1. The maximum atomic E-state index is 11.9. The van der Waals surface area contributed by atoms with E-state index in [4.69, 9.17) is 5.26 Å². The largest absolute Gasteiger partial charge is 1.00 e. The van der Waals surface area contributed by atoms with Gasteiger partial charge in [-0.2, -0.15) is 5.26 Å². The summed E-state index contributed by atoms with van der Waals surface area (Å²) in [5.74, 6) is 1.41. The van der Waals surface area contributed by atoms with Crippen molar-refractivity contribution in [1.82, 2.24) is 4.67 Å². The normalized spacial score (nSPS) is 13.0. The second-order valence-corrected chi connectivity index (χ2v) is 6.22. The van der Waals surface area contributed by atoms with Gasteiger partial charge in [0.25, 0.3) is 0 Å². The van der Waals surface area contributed by atoms with E-state index in [0.717, 1.165) is 11.1 Å². The summed E-state index contributed by atoms with van der Waals surface area (Å²) in [4.78, 5) is 11.9. The van der Waals surface area contributed by atoms with E-state index < -0.39 is 7.52 Å². The molecule has 0 aliphatic rings. The van der Waals surface area contributed by atoms with E-state index in [2.05, 4.69) is 0 Å². The molecular formula is C15H14KN2O2P. The quantitative estimate of drug-likeness (QED) is 0.561. The molecule has 2 rings (SSSR count). The Morgan fingerprint density at radius 2 is 1.33 bits per heavy atom. The molecule has 1 atom stereocenters. The van der Waals surface area contributed by atoms with Crippen LogP contribution in [0, 0.1) is 11.1 Å². The van der Waals surface area contributed by atoms with Crippen molar-refractivity contribution in [3.8, 4) is 5.81 Å². The van der Waals surface area contributed by atoms with Gasteiger partial charge in [-0.25, -0.2) is 4.67 Å². The van der Waals surface area contributed by atoms with Gasteiger partial charge in [0.15, 0.2) is 7.52 Å². The first-order valence-corrected chi connectivity index (χ1v) is 7.75.